The van der Waals surface area contributed by atoms with E-state index in [9.17, 15) is 0 Å². The molecule has 0 amide bonds. The summed E-state index contributed by atoms with van der Waals surface area (Å²) in [6.07, 6.45) is 3.62. The lowest BCUT2D eigenvalue weighted by atomic mass is 10.00. The van der Waals surface area contributed by atoms with Crippen molar-refractivity contribution in [3.63, 3.8) is 0 Å². The Hall–Kier alpha value is -1.12. The summed E-state index contributed by atoms with van der Waals surface area (Å²) in [6, 6.07) is 13.7. The Morgan fingerprint density at radius 2 is 1.94 bits per heavy atom. The van der Waals surface area contributed by atoms with Crippen LogP contribution >= 0.6 is 11.3 Å². The zero-order valence-corrected chi connectivity index (χ0v) is 12.0. The van der Waals surface area contributed by atoms with Gasteiger partial charge in [-0.2, -0.15) is 0 Å². The Morgan fingerprint density at radius 3 is 2.56 bits per heavy atom. The molecule has 0 radical (unpaired) electrons. The first kappa shape index (κ1) is 13.3. The van der Waals surface area contributed by atoms with Gasteiger partial charge in [0.1, 0.15) is 0 Å². The predicted octanol–water partition coefficient (Wildman–Crippen LogP) is 4.34. The first-order chi connectivity index (χ1) is 8.79. The summed E-state index contributed by atoms with van der Waals surface area (Å²) in [4.78, 5) is 1.49. The minimum Gasteiger partial charge on any atom is -0.313 e. The van der Waals surface area contributed by atoms with Gasteiger partial charge in [0.2, 0.25) is 0 Å². The van der Waals surface area contributed by atoms with Gasteiger partial charge in [0.15, 0.2) is 0 Å². The molecule has 2 heteroatoms. The lowest BCUT2D eigenvalue weighted by Gasteiger charge is -2.16. The third kappa shape index (κ3) is 3.69. The van der Waals surface area contributed by atoms with Crippen LogP contribution in [0.15, 0.2) is 41.8 Å². The molecule has 1 aromatic carbocycles. The molecule has 96 valence electrons. The molecule has 1 unspecified atom stereocenters. The monoisotopic (exact) mass is 259 g/mol. The van der Waals surface area contributed by atoms with Gasteiger partial charge in [0.05, 0.1) is 0 Å². The summed E-state index contributed by atoms with van der Waals surface area (Å²) in [6.45, 7) is 2.13. The van der Waals surface area contributed by atoms with Crippen LogP contribution in [-0.4, -0.2) is 7.05 Å². The van der Waals surface area contributed by atoms with E-state index in [0.29, 0.717) is 6.04 Å². The Bertz CT molecular complexity index is 444. The molecule has 1 aromatic heterocycles. The van der Waals surface area contributed by atoms with Crippen molar-refractivity contribution < 1.29 is 0 Å². The van der Waals surface area contributed by atoms with Gasteiger partial charge in [-0.05, 0) is 50.2 Å². The molecular formula is C16H21NS. The van der Waals surface area contributed by atoms with E-state index < -0.39 is 0 Å². The van der Waals surface area contributed by atoms with E-state index in [4.69, 9.17) is 0 Å². The smallest absolute Gasteiger partial charge is 0.0317 e. The van der Waals surface area contributed by atoms with E-state index in [-0.39, 0.29) is 0 Å². The SMILES string of the molecule is CNC(CCCc1cccs1)c1ccc(C)cc1. The van der Waals surface area contributed by atoms with Crippen molar-refractivity contribution in [1.29, 1.82) is 0 Å². The van der Waals surface area contributed by atoms with Crippen molar-refractivity contribution in [2.75, 3.05) is 7.05 Å². The van der Waals surface area contributed by atoms with E-state index in [0.717, 1.165) is 0 Å². The number of rotatable bonds is 6. The number of aryl methyl sites for hydroxylation is 2. The van der Waals surface area contributed by atoms with Crippen LogP contribution < -0.4 is 5.32 Å². The number of nitrogens with one attached hydrogen (secondary N) is 1. The second-order valence-electron chi connectivity index (χ2n) is 4.72. The number of benzene rings is 1. The van der Waals surface area contributed by atoms with Crippen LogP contribution in [0.25, 0.3) is 0 Å². The quantitative estimate of drug-likeness (QED) is 0.813. The number of thiophene rings is 1. The van der Waals surface area contributed by atoms with Crippen molar-refractivity contribution >= 4 is 11.3 Å². The molecule has 1 N–H and O–H groups in total. The van der Waals surface area contributed by atoms with E-state index >= 15 is 0 Å². The van der Waals surface area contributed by atoms with Gasteiger partial charge >= 0.3 is 0 Å². The average molecular weight is 259 g/mol. The van der Waals surface area contributed by atoms with E-state index in [1.807, 2.05) is 11.3 Å². The standard InChI is InChI=1S/C16H21NS/c1-13-8-10-14(11-9-13)16(17-2)7-3-5-15-6-4-12-18-15/h4,6,8-12,16-17H,3,5,7H2,1-2H3. The van der Waals surface area contributed by atoms with Crippen molar-refractivity contribution in [2.24, 2.45) is 0 Å². The van der Waals surface area contributed by atoms with Crippen molar-refractivity contribution in [3.8, 4) is 0 Å². The zero-order valence-electron chi connectivity index (χ0n) is 11.1. The molecule has 0 spiro atoms. The van der Waals surface area contributed by atoms with E-state index in [1.54, 1.807) is 0 Å². The number of hydrogen-bond donors (Lipinski definition) is 1. The lowest BCUT2D eigenvalue weighted by molar-refractivity contribution is 0.528. The Balaban J connectivity index is 1.87. The molecule has 0 bridgehead atoms. The minimum atomic E-state index is 0.477. The third-order valence-electron chi connectivity index (χ3n) is 3.32. The normalized spacial score (nSPS) is 12.6. The highest BCUT2D eigenvalue weighted by molar-refractivity contribution is 7.09. The van der Waals surface area contributed by atoms with E-state index in [1.165, 1.54) is 35.3 Å². The summed E-state index contributed by atoms with van der Waals surface area (Å²) >= 11 is 1.86. The molecule has 1 atom stereocenters. The van der Waals surface area contributed by atoms with Crippen LogP contribution in [0.2, 0.25) is 0 Å². The van der Waals surface area contributed by atoms with Gasteiger partial charge in [-0.3, -0.25) is 0 Å². The topological polar surface area (TPSA) is 12.0 Å². The summed E-state index contributed by atoms with van der Waals surface area (Å²) < 4.78 is 0. The molecule has 0 saturated carbocycles. The Kier molecular flexibility index (Phi) is 4.97. The first-order valence-corrected chi connectivity index (χ1v) is 7.44. The van der Waals surface area contributed by atoms with Crippen molar-refractivity contribution in [3.05, 3.63) is 57.8 Å². The molecule has 0 fully saturated rings. The van der Waals surface area contributed by atoms with Gasteiger partial charge in [-0.1, -0.05) is 35.9 Å². The summed E-state index contributed by atoms with van der Waals surface area (Å²) in [5, 5.41) is 5.58. The molecule has 0 aliphatic carbocycles. The van der Waals surface area contributed by atoms with Crippen LogP contribution in [0.5, 0.6) is 0 Å². The van der Waals surface area contributed by atoms with Crippen LogP contribution in [0, 0.1) is 6.92 Å². The van der Waals surface area contributed by atoms with Crippen LogP contribution in [0.3, 0.4) is 0 Å². The lowest BCUT2D eigenvalue weighted by Crippen LogP contribution is -2.16. The number of hydrogen-bond acceptors (Lipinski definition) is 2. The summed E-state index contributed by atoms with van der Waals surface area (Å²) in [7, 11) is 2.05. The minimum absolute atomic E-state index is 0.477. The highest BCUT2D eigenvalue weighted by atomic mass is 32.1. The molecule has 1 nitrogen and oxygen atoms in total. The zero-order chi connectivity index (χ0) is 12.8. The first-order valence-electron chi connectivity index (χ1n) is 6.56. The fourth-order valence-corrected chi connectivity index (χ4v) is 2.96. The second kappa shape index (κ2) is 6.72. The Labute approximate surface area is 114 Å². The van der Waals surface area contributed by atoms with Gasteiger partial charge < -0.3 is 5.32 Å². The van der Waals surface area contributed by atoms with Crippen LogP contribution in [-0.2, 0) is 6.42 Å². The van der Waals surface area contributed by atoms with Gasteiger partial charge in [-0.15, -0.1) is 11.3 Å². The predicted molar refractivity (Wildman–Crippen MR) is 80.2 cm³/mol. The summed E-state index contributed by atoms with van der Waals surface area (Å²) in [5.74, 6) is 0. The Morgan fingerprint density at radius 1 is 1.17 bits per heavy atom. The van der Waals surface area contributed by atoms with E-state index in [2.05, 4.69) is 61.1 Å². The summed E-state index contributed by atoms with van der Waals surface area (Å²) in [5.41, 5.74) is 2.72. The molecule has 0 aliphatic heterocycles. The largest absolute Gasteiger partial charge is 0.313 e. The highest BCUT2D eigenvalue weighted by Gasteiger charge is 2.08. The second-order valence-corrected chi connectivity index (χ2v) is 5.76. The van der Waals surface area contributed by atoms with Crippen molar-refractivity contribution in [1.82, 2.24) is 5.32 Å². The fourth-order valence-electron chi connectivity index (χ4n) is 2.21. The molecule has 0 aliphatic rings. The molecule has 18 heavy (non-hydrogen) atoms. The fraction of sp³-hybridized carbons (Fsp3) is 0.375. The highest BCUT2D eigenvalue weighted by Crippen LogP contribution is 2.21. The van der Waals surface area contributed by atoms with Gasteiger partial charge in [0, 0.05) is 10.9 Å². The van der Waals surface area contributed by atoms with Gasteiger partial charge in [-0.25, -0.2) is 0 Å². The maximum absolute atomic E-state index is 3.42. The third-order valence-corrected chi connectivity index (χ3v) is 4.26. The molecule has 2 aromatic rings. The van der Waals surface area contributed by atoms with Crippen LogP contribution in [0.4, 0.5) is 0 Å². The maximum Gasteiger partial charge on any atom is 0.0317 e. The molecule has 2 rings (SSSR count). The average Bonchev–Trinajstić information content (AvgIpc) is 2.89. The molecule has 0 saturated heterocycles. The van der Waals surface area contributed by atoms with Crippen LogP contribution in [0.1, 0.15) is 34.9 Å². The molecule has 1 heterocycles. The maximum atomic E-state index is 3.42. The van der Waals surface area contributed by atoms with Crippen molar-refractivity contribution in [2.45, 2.75) is 32.2 Å². The van der Waals surface area contributed by atoms with Gasteiger partial charge in [0.25, 0.3) is 0 Å². The molecular weight excluding hydrogens is 238 g/mol.